The van der Waals surface area contributed by atoms with Crippen molar-refractivity contribution < 1.29 is 50.9 Å². The molecular formula is C8H10N3NaO5S2. The Bertz CT molecular complexity index is 657. The van der Waals surface area contributed by atoms with E-state index in [0.717, 1.165) is 6.07 Å². The van der Waals surface area contributed by atoms with Crippen LogP contribution in [0, 0.1) is 0 Å². The van der Waals surface area contributed by atoms with Gasteiger partial charge in [-0.05, 0) is 18.2 Å². The third-order valence-corrected chi connectivity index (χ3v) is 3.54. The van der Waals surface area contributed by atoms with Crippen molar-refractivity contribution in [3.8, 4) is 0 Å². The Hall–Kier alpha value is -0.360. The van der Waals surface area contributed by atoms with Crippen molar-refractivity contribution in [2.75, 3.05) is 6.54 Å². The monoisotopic (exact) mass is 315 g/mol. The molecule has 0 fully saturated rings. The summed E-state index contributed by atoms with van der Waals surface area (Å²) in [6, 6.07) is 5.09. The van der Waals surface area contributed by atoms with Gasteiger partial charge in [0.2, 0.25) is 20.3 Å². The van der Waals surface area contributed by atoms with Crippen LogP contribution >= 0.6 is 0 Å². The third kappa shape index (κ3) is 6.56. The molecule has 0 aliphatic heterocycles. The molecule has 0 atom stereocenters. The molecule has 0 amide bonds. The molecule has 0 radical (unpaired) electrons. The van der Waals surface area contributed by atoms with Gasteiger partial charge in [-0.25, -0.2) is 21.6 Å². The van der Waals surface area contributed by atoms with Gasteiger partial charge in [-0.3, -0.25) is 0 Å². The topological polar surface area (TPSA) is 128 Å². The Labute approximate surface area is 133 Å². The van der Waals surface area contributed by atoms with Crippen LogP contribution in [0.1, 0.15) is 6.92 Å². The second-order valence-electron chi connectivity index (χ2n) is 3.11. The summed E-state index contributed by atoms with van der Waals surface area (Å²) in [7, 11) is -8.50. The molecule has 1 N–H and O–H groups in total. The molecule has 0 aliphatic rings. The fraction of sp³-hybridized carbons (Fsp3) is 0.250. The molecule has 1 aromatic rings. The molecule has 0 aliphatic carbocycles. The first kappa shape index (κ1) is 18.6. The second-order valence-corrected chi connectivity index (χ2v) is 5.89. The van der Waals surface area contributed by atoms with Crippen molar-refractivity contribution in [2.24, 2.45) is 9.63 Å². The van der Waals surface area contributed by atoms with E-state index in [9.17, 15) is 21.4 Å². The van der Waals surface area contributed by atoms with Gasteiger partial charge >= 0.3 is 29.6 Å². The zero-order valence-corrected chi connectivity index (χ0v) is 13.9. The first-order valence-corrected chi connectivity index (χ1v) is 7.58. The smallest absolute Gasteiger partial charge is 0.728 e. The molecule has 11 heteroatoms. The van der Waals surface area contributed by atoms with Crippen molar-refractivity contribution in [3.05, 3.63) is 24.3 Å². The van der Waals surface area contributed by atoms with Gasteiger partial charge in [-0.15, -0.1) is 5.11 Å². The average molecular weight is 315 g/mol. The third-order valence-electron chi connectivity index (χ3n) is 1.72. The van der Waals surface area contributed by atoms with E-state index < -0.39 is 20.3 Å². The minimum absolute atomic E-state index is 0. The van der Waals surface area contributed by atoms with Crippen LogP contribution in [0.25, 0.3) is 0 Å². The number of benzene rings is 1. The first-order valence-electron chi connectivity index (χ1n) is 4.73. The van der Waals surface area contributed by atoms with Crippen LogP contribution in [-0.2, 0) is 20.3 Å². The molecule has 0 aromatic heterocycles. The first-order chi connectivity index (χ1) is 8.24. The van der Waals surface area contributed by atoms with Crippen LogP contribution in [-0.4, -0.2) is 27.9 Å². The number of nitrogens with zero attached hydrogens (tertiary/aromatic N) is 2. The largest absolute Gasteiger partial charge is 1.00 e. The molecule has 8 nitrogen and oxygen atoms in total. The predicted molar refractivity (Wildman–Crippen MR) is 61.5 cm³/mol. The summed E-state index contributed by atoms with van der Waals surface area (Å²) in [5, 5.41) is 3.14. The van der Waals surface area contributed by atoms with Crippen molar-refractivity contribution >= 4 is 26.0 Å². The van der Waals surface area contributed by atoms with Crippen LogP contribution in [0.4, 0.5) is 5.69 Å². The Morgan fingerprint density at radius 3 is 2.42 bits per heavy atom. The molecule has 0 saturated carbocycles. The molecule has 100 valence electrons. The molecule has 0 unspecified atom stereocenters. The van der Waals surface area contributed by atoms with Crippen LogP contribution < -0.4 is 34.3 Å². The van der Waals surface area contributed by atoms with E-state index in [0.29, 0.717) is 0 Å². The molecule has 0 spiro atoms. The molecule has 1 rings (SSSR count). The number of nitrogens with one attached hydrogen (secondary N) is 1. The van der Waals surface area contributed by atoms with Gasteiger partial charge in [0.1, 0.15) is 0 Å². The maximum absolute atomic E-state index is 11.6. The minimum Gasteiger partial charge on any atom is -0.728 e. The summed E-state index contributed by atoms with van der Waals surface area (Å²) in [4.78, 5) is -0.0934. The summed E-state index contributed by atoms with van der Waals surface area (Å²) in [5.74, 6) is 0. The van der Waals surface area contributed by atoms with Crippen molar-refractivity contribution in [1.29, 1.82) is 0 Å². The van der Waals surface area contributed by atoms with E-state index in [4.69, 9.17) is 0 Å². The van der Waals surface area contributed by atoms with Gasteiger partial charge in [-0.1, -0.05) is 17.5 Å². The Kier molecular flexibility index (Phi) is 7.29. The van der Waals surface area contributed by atoms with Crippen LogP contribution in [0.2, 0.25) is 0 Å². The quantitative estimate of drug-likeness (QED) is 0.366. The van der Waals surface area contributed by atoms with E-state index >= 15 is 0 Å². The van der Waals surface area contributed by atoms with E-state index in [2.05, 4.69) is 14.4 Å². The average Bonchev–Trinajstić information content (AvgIpc) is 2.26. The summed E-state index contributed by atoms with van der Waals surface area (Å²) in [6.45, 7) is 1.83. The zero-order valence-electron chi connectivity index (χ0n) is 10.3. The van der Waals surface area contributed by atoms with E-state index in [1.165, 1.54) is 18.2 Å². The summed E-state index contributed by atoms with van der Waals surface area (Å²) >= 11 is 0. The van der Waals surface area contributed by atoms with Gasteiger partial charge in [0.05, 0.1) is 10.6 Å². The molecular weight excluding hydrogens is 305 g/mol. The molecule has 19 heavy (non-hydrogen) atoms. The molecule has 0 bridgehead atoms. The molecule has 0 heterocycles. The number of hydrogen-bond acceptors (Lipinski definition) is 6. The van der Waals surface area contributed by atoms with Crippen molar-refractivity contribution in [1.82, 2.24) is 4.72 Å². The summed E-state index contributed by atoms with van der Waals surface area (Å²) in [5.41, 5.74) is -0.0478. The molecule has 0 saturated heterocycles. The Balaban J connectivity index is 0.00000324. The van der Waals surface area contributed by atoms with Gasteiger partial charge < -0.3 is 4.55 Å². The van der Waals surface area contributed by atoms with E-state index in [1.807, 2.05) is 0 Å². The normalized spacial score (nSPS) is 12.3. The number of sulfonamides is 1. The fourth-order valence-corrected chi connectivity index (χ4v) is 2.36. The van der Waals surface area contributed by atoms with Crippen molar-refractivity contribution in [3.63, 3.8) is 0 Å². The van der Waals surface area contributed by atoms with Gasteiger partial charge in [-0.2, -0.15) is 0 Å². The van der Waals surface area contributed by atoms with Crippen LogP contribution in [0.3, 0.4) is 0 Å². The van der Waals surface area contributed by atoms with Crippen LogP contribution in [0.15, 0.2) is 38.8 Å². The minimum atomic E-state index is -4.84. The fourth-order valence-electron chi connectivity index (χ4n) is 1.08. The maximum Gasteiger partial charge on any atom is 1.00 e. The molecule has 1 aromatic carbocycles. The van der Waals surface area contributed by atoms with E-state index in [1.54, 1.807) is 6.92 Å². The summed E-state index contributed by atoms with van der Waals surface area (Å²) < 4.78 is 58.8. The van der Waals surface area contributed by atoms with Crippen molar-refractivity contribution in [2.45, 2.75) is 11.8 Å². The standard InChI is InChI=1S/C8H11N3O5S2.Na/c1-2-9-17(12,13)8-5-3-4-7(6-8)10-11-18(14,15)16;/h3-6,9H,2H2,1H3,(H,14,15,16);/q;+1/p-1. The van der Waals surface area contributed by atoms with Gasteiger partial charge in [0.15, 0.2) is 0 Å². The number of hydrogen-bond donors (Lipinski definition) is 1. The maximum atomic E-state index is 11.6. The number of rotatable bonds is 5. The Morgan fingerprint density at radius 2 is 1.89 bits per heavy atom. The Morgan fingerprint density at radius 1 is 1.26 bits per heavy atom. The predicted octanol–water partition coefficient (Wildman–Crippen LogP) is -2.47. The SMILES string of the molecule is CCNS(=O)(=O)c1cccc(N=NS(=O)(=O)[O-])c1.[Na+]. The summed E-state index contributed by atoms with van der Waals surface area (Å²) in [6.07, 6.45) is 0. The van der Waals surface area contributed by atoms with Gasteiger partial charge in [0.25, 0.3) is 0 Å². The van der Waals surface area contributed by atoms with E-state index in [-0.39, 0.29) is 46.7 Å². The second kappa shape index (κ2) is 7.43. The zero-order chi connectivity index (χ0) is 13.8. The van der Waals surface area contributed by atoms with Gasteiger partial charge in [0, 0.05) is 6.54 Å². The van der Waals surface area contributed by atoms with Crippen LogP contribution in [0.5, 0.6) is 0 Å².